The van der Waals surface area contributed by atoms with Gasteiger partial charge in [0.05, 0.1) is 17.7 Å². The van der Waals surface area contributed by atoms with Gasteiger partial charge in [0.2, 0.25) is 10.0 Å². The average molecular weight is 459 g/mol. The topological polar surface area (TPSA) is 107 Å². The third-order valence-corrected chi connectivity index (χ3v) is 7.57. The lowest BCUT2D eigenvalue weighted by Crippen LogP contribution is -2.39. The van der Waals surface area contributed by atoms with Crippen LogP contribution >= 0.6 is 0 Å². The van der Waals surface area contributed by atoms with Crippen molar-refractivity contribution in [1.82, 2.24) is 14.7 Å². The normalized spacial score (nSPS) is 16.6. The summed E-state index contributed by atoms with van der Waals surface area (Å²) in [6.45, 7) is 2.77. The van der Waals surface area contributed by atoms with Crippen molar-refractivity contribution in [3.63, 3.8) is 0 Å². The minimum Gasteiger partial charge on any atom is -0.395 e. The number of hydrogen-bond acceptors (Lipinski definition) is 6. The molecule has 3 N–H and O–H groups in total. The molecule has 1 fully saturated rings. The summed E-state index contributed by atoms with van der Waals surface area (Å²) in [6, 6.07) is 7.31. The second-order valence-electron chi connectivity index (χ2n) is 8.37. The van der Waals surface area contributed by atoms with Gasteiger partial charge in [-0.25, -0.2) is 17.7 Å². The van der Waals surface area contributed by atoms with Gasteiger partial charge in [0, 0.05) is 18.7 Å². The molecule has 1 aliphatic heterocycles. The van der Waals surface area contributed by atoms with Crippen molar-refractivity contribution in [2.75, 3.05) is 25.0 Å². The van der Waals surface area contributed by atoms with E-state index in [-0.39, 0.29) is 18.0 Å². The highest BCUT2D eigenvalue weighted by atomic mass is 32.2. The molecule has 1 aromatic carbocycles. The molecule has 2 aliphatic rings. The molecule has 0 spiro atoms. The fraction of sp³-hybridized carbons (Fsp3) is 0.522. The molecule has 1 saturated carbocycles. The van der Waals surface area contributed by atoms with Crippen molar-refractivity contribution in [3.8, 4) is 0 Å². The van der Waals surface area contributed by atoms with Crippen LogP contribution in [0.5, 0.6) is 0 Å². The summed E-state index contributed by atoms with van der Waals surface area (Å²) in [5.74, 6) is 1.62. The van der Waals surface area contributed by atoms with Gasteiger partial charge in [-0.1, -0.05) is 19.8 Å². The van der Waals surface area contributed by atoms with Crippen molar-refractivity contribution in [3.05, 3.63) is 41.6 Å². The Kier molecular flexibility index (Phi) is 7.17. The molecule has 0 saturated heterocycles. The average Bonchev–Trinajstić information content (AvgIpc) is 2.80. The van der Waals surface area contributed by atoms with Crippen LogP contribution in [0.15, 0.2) is 35.4 Å². The standard InChI is InChI=1S/C23H31N5O3S/c1-2-3-13-24-23-25-16-20-21(28(22(20)27-23)18-7-5-4-6-8-18)17-9-11-19(12-10-17)32(30,31)26-14-15-29/h9-12,16,18,26,29H,2-8,13-15H2,1H3/p+1. The molecule has 0 bridgehead atoms. The molecule has 8 nitrogen and oxygen atoms in total. The highest BCUT2D eigenvalue weighted by molar-refractivity contribution is 7.89. The Morgan fingerprint density at radius 1 is 1.12 bits per heavy atom. The summed E-state index contributed by atoms with van der Waals surface area (Å²) >= 11 is 0. The fourth-order valence-corrected chi connectivity index (χ4v) is 5.43. The molecule has 0 amide bonds. The van der Waals surface area contributed by atoms with Crippen LogP contribution in [0.2, 0.25) is 0 Å². The second-order valence-corrected chi connectivity index (χ2v) is 10.1. The van der Waals surface area contributed by atoms with Gasteiger partial charge >= 0.3 is 11.8 Å². The van der Waals surface area contributed by atoms with Crippen molar-refractivity contribution in [1.29, 1.82) is 0 Å². The molecule has 2 aromatic rings. The Balaban J connectivity index is 1.65. The number of benzene rings is 1. The number of sulfonamides is 1. The van der Waals surface area contributed by atoms with Crippen LogP contribution in [0.4, 0.5) is 11.8 Å². The van der Waals surface area contributed by atoms with Gasteiger partial charge in [-0.2, -0.15) is 4.98 Å². The maximum absolute atomic E-state index is 12.3. The number of nitrogens with zero attached hydrogens (tertiary/aromatic N) is 3. The number of hydrogen-bond donors (Lipinski definition) is 3. The SMILES string of the molecule is CCCCNc1ncc2c(n1)[N+](C1CCCCC1)=C2c1ccc(S(=O)(=O)NCCO)cc1. The maximum Gasteiger partial charge on any atom is 0.341 e. The highest BCUT2D eigenvalue weighted by Crippen LogP contribution is 2.36. The van der Waals surface area contributed by atoms with Gasteiger partial charge in [0.25, 0.3) is 0 Å². The third kappa shape index (κ3) is 4.69. The molecule has 32 heavy (non-hydrogen) atoms. The molecule has 4 rings (SSSR count). The number of nitrogens with one attached hydrogen (secondary N) is 2. The van der Waals surface area contributed by atoms with Crippen molar-refractivity contribution >= 4 is 27.5 Å². The van der Waals surface area contributed by atoms with Crippen LogP contribution in [0.25, 0.3) is 0 Å². The zero-order valence-electron chi connectivity index (χ0n) is 18.5. The van der Waals surface area contributed by atoms with Crippen LogP contribution in [-0.2, 0) is 10.0 Å². The van der Waals surface area contributed by atoms with Crippen LogP contribution < -0.4 is 10.0 Å². The van der Waals surface area contributed by atoms with E-state index in [0.29, 0.717) is 12.0 Å². The van der Waals surface area contributed by atoms with E-state index in [1.54, 1.807) is 12.1 Å². The van der Waals surface area contributed by atoms with Gasteiger partial charge in [-0.15, -0.1) is 0 Å². The van der Waals surface area contributed by atoms with E-state index in [4.69, 9.17) is 10.1 Å². The van der Waals surface area contributed by atoms with Crippen LogP contribution in [0.3, 0.4) is 0 Å². The first-order chi connectivity index (χ1) is 15.5. The van der Waals surface area contributed by atoms with E-state index < -0.39 is 10.0 Å². The zero-order chi connectivity index (χ0) is 22.6. The summed E-state index contributed by atoms with van der Waals surface area (Å²) in [7, 11) is -3.63. The molecule has 9 heteroatoms. The summed E-state index contributed by atoms with van der Waals surface area (Å²) < 4.78 is 29.4. The summed E-state index contributed by atoms with van der Waals surface area (Å²) in [5, 5.41) is 12.2. The first kappa shape index (κ1) is 22.8. The molecule has 0 radical (unpaired) electrons. The van der Waals surface area contributed by atoms with Crippen LogP contribution in [0, 0.1) is 0 Å². The minimum atomic E-state index is -3.63. The van der Waals surface area contributed by atoms with Crippen molar-refractivity contribution in [2.45, 2.75) is 62.8 Å². The first-order valence-electron chi connectivity index (χ1n) is 11.5. The predicted molar refractivity (Wildman–Crippen MR) is 124 cm³/mol. The monoisotopic (exact) mass is 458 g/mol. The Hall–Kier alpha value is -2.36. The van der Waals surface area contributed by atoms with Gasteiger partial charge in [-0.05, 0) is 61.4 Å². The van der Waals surface area contributed by atoms with Crippen molar-refractivity contribution in [2.24, 2.45) is 0 Å². The van der Waals surface area contributed by atoms with Crippen LogP contribution in [0.1, 0.15) is 63.0 Å². The number of fused-ring (bicyclic) bond motifs is 1. The number of unbranched alkanes of at least 4 members (excludes halogenated alkanes) is 1. The molecule has 1 aromatic heterocycles. The Morgan fingerprint density at radius 2 is 1.88 bits per heavy atom. The van der Waals surface area contributed by atoms with Gasteiger partial charge in [0.1, 0.15) is 11.6 Å². The predicted octanol–water partition coefficient (Wildman–Crippen LogP) is 2.79. The van der Waals surface area contributed by atoms with Crippen LogP contribution in [-0.4, -0.2) is 59.5 Å². The smallest absolute Gasteiger partial charge is 0.341 e. The number of aromatic nitrogens is 2. The van der Waals surface area contributed by atoms with E-state index in [2.05, 4.69) is 26.5 Å². The lowest BCUT2D eigenvalue weighted by molar-refractivity contribution is -0.503. The zero-order valence-corrected chi connectivity index (χ0v) is 19.4. The van der Waals surface area contributed by atoms with E-state index >= 15 is 0 Å². The van der Waals surface area contributed by atoms with E-state index in [1.165, 1.54) is 19.3 Å². The van der Waals surface area contributed by atoms with E-state index in [0.717, 1.165) is 54.9 Å². The lowest BCUT2D eigenvalue weighted by Gasteiger charge is -2.30. The molecule has 1 aliphatic carbocycles. The van der Waals surface area contributed by atoms with Gasteiger partial charge < -0.3 is 10.4 Å². The Bertz CT molecular complexity index is 1080. The van der Waals surface area contributed by atoms with Gasteiger partial charge in [0.15, 0.2) is 5.71 Å². The fourth-order valence-electron chi connectivity index (χ4n) is 4.41. The third-order valence-electron chi connectivity index (χ3n) is 6.09. The largest absolute Gasteiger partial charge is 0.395 e. The summed E-state index contributed by atoms with van der Waals surface area (Å²) in [4.78, 5) is 9.50. The molecule has 0 unspecified atom stereocenters. The van der Waals surface area contributed by atoms with Crippen molar-refractivity contribution < 1.29 is 18.1 Å². The maximum atomic E-state index is 12.3. The molecule has 0 atom stereocenters. The number of aliphatic hydroxyl groups is 1. The summed E-state index contributed by atoms with van der Waals surface area (Å²) in [5.41, 5.74) is 3.03. The van der Waals surface area contributed by atoms with Gasteiger partial charge in [-0.3, -0.25) is 0 Å². The Morgan fingerprint density at radius 3 is 2.56 bits per heavy atom. The van der Waals surface area contributed by atoms with E-state index in [1.807, 2.05) is 18.3 Å². The second kappa shape index (κ2) is 10.1. The quantitative estimate of drug-likeness (QED) is 0.373. The molecular formula is C23H32N5O3S+. The molecule has 172 valence electrons. The Labute approximate surface area is 189 Å². The number of rotatable bonds is 10. The molecular weight excluding hydrogens is 426 g/mol. The summed E-state index contributed by atoms with van der Waals surface area (Å²) in [6.07, 6.45) is 10.0. The number of aliphatic hydroxyl groups excluding tert-OH is 1. The van der Waals surface area contributed by atoms with E-state index in [9.17, 15) is 8.42 Å². The minimum absolute atomic E-state index is 0.00371. The first-order valence-corrected chi connectivity index (χ1v) is 13.0. The highest BCUT2D eigenvalue weighted by Gasteiger charge is 2.42. The number of anilines is 1. The lowest BCUT2D eigenvalue weighted by atomic mass is 9.90. The molecule has 2 heterocycles.